The first-order valence-electron chi connectivity index (χ1n) is 6.86. The Kier molecular flexibility index (Phi) is 7.23. The van der Waals surface area contributed by atoms with Gasteiger partial charge in [0.1, 0.15) is 0 Å². The second kappa shape index (κ2) is 9.07. The van der Waals surface area contributed by atoms with Crippen molar-refractivity contribution in [1.29, 1.82) is 0 Å². The van der Waals surface area contributed by atoms with Crippen molar-refractivity contribution in [2.24, 2.45) is 5.92 Å². The number of hydrogen-bond acceptors (Lipinski definition) is 0. The van der Waals surface area contributed by atoms with Crippen molar-refractivity contribution >= 4 is 0 Å². The van der Waals surface area contributed by atoms with E-state index < -0.39 is 0 Å². The molecule has 0 heteroatoms. The molecule has 0 nitrogen and oxygen atoms in total. The summed E-state index contributed by atoms with van der Waals surface area (Å²) in [4.78, 5) is 0. The summed E-state index contributed by atoms with van der Waals surface area (Å²) < 4.78 is 0. The summed E-state index contributed by atoms with van der Waals surface area (Å²) >= 11 is 0. The highest BCUT2D eigenvalue weighted by Gasteiger charge is 1.97. The van der Waals surface area contributed by atoms with Crippen LogP contribution in [0.2, 0.25) is 0 Å². The van der Waals surface area contributed by atoms with Crippen LogP contribution in [-0.4, -0.2) is 0 Å². The Balaban J connectivity index is 2.32. The van der Waals surface area contributed by atoms with Crippen LogP contribution in [0.5, 0.6) is 0 Å². The van der Waals surface area contributed by atoms with E-state index in [4.69, 9.17) is 0 Å². The molecule has 0 aliphatic heterocycles. The van der Waals surface area contributed by atoms with E-state index in [0.29, 0.717) is 5.92 Å². The van der Waals surface area contributed by atoms with E-state index in [2.05, 4.69) is 50.5 Å². The zero-order valence-electron chi connectivity index (χ0n) is 12.2. The van der Waals surface area contributed by atoms with Gasteiger partial charge in [-0.2, -0.15) is 0 Å². The van der Waals surface area contributed by atoms with E-state index in [-0.39, 0.29) is 0 Å². The average Bonchev–Trinajstić information content (AvgIpc) is 2.39. The fourth-order valence-electron chi connectivity index (χ4n) is 1.65. The van der Waals surface area contributed by atoms with Gasteiger partial charge in [-0.25, -0.2) is 0 Å². The summed E-state index contributed by atoms with van der Waals surface area (Å²) in [5.41, 5.74) is 2.42. The van der Waals surface area contributed by atoms with Crippen LogP contribution < -0.4 is 0 Å². The molecule has 0 aliphatic carbocycles. The second-order valence-corrected chi connectivity index (χ2v) is 5.09. The number of allylic oxidation sites excluding steroid dienone is 2. The molecule has 0 radical (unpaired) electrons. The topological polar surface area (TPSA) is 0 Å². The van der Waals surface area contributed by atoms with Crippen LogP contribution in [0.15, 0.2) is 42.0 Å². The molecule has 1 aromatic rings. The molecule has 0 aromatic heterocycles. The Morgan fingerprint density at radius 2 is 1.89 bits per heavy atom. The summed E-state index contributed by atoms with van der Waals surface area (Å²) in [5, 5.41) is 0. The van der Waals surface area contributed by atoms with Crippen LogP contribution in [0.4, 0.5) is 0 Å². The molecule has 1 aromatic carbocycles. The molecular formula is C19H22. The molecule has 1 rings (SSSR count). The highest BCUT2D eigenvalue weighted by Crippen LogP contribution is 2.10. The minimum absolute atomic E-state index is 0.640. The summed E-state index contributed by atoms with van der Waals surface area (Å²) in [7, 11) is 0. The third-order valence-corrected chi connectivity index (χ3v) is 2.79. The van der Waals surface area contributed by atoms with Gasteiger partial charge in [-0.15, -0.1) is 0 Å². The van der Waals surface area contributed by atoms with Crippen LogP contribution in [0, 0.1) is 29.6 Å². The van der Waals surface area contributed by atoms with E-state index in [1.165, 1.54) is 12.0 Å². The van der Waals surface area contributed by atoms with Gasteiger partial charge in [-0.05, 0) is 56.6 Å². The first kappa shape index (κ1) is 15.1. The molecule has 0 spiro atoms. The third-order valence-electron chi connectivity index (χ3n) is 2.79. The lowest BCUT2D eigenvalue weighted by molar-refractivity contribution is 0.553. The zero-order valence-corrected chi connectivity index (χ0v) is 12.2. The van der Waals surface area contributed by atoms with Crippen molar-refractivity contribution in [3.63, 3.8) is 0 Å². The Labute approximate surface area is 117 Å². The maximum atomic E-state index is 3.15. The van der Waals surface area contributed by atoms with Crippen LogP contribution in [0.3, 0.4) is 0 Å². The van der Waals surface area contributed by atoms with Crippen molar-refractivity contribution in [3.05, 3.63) is 47.5 Å². The quantitative estimate of drug-likeness (QED) is 0.531. The van der Waals surface area contributed by atoms with Gasteiger partial charge < -0.3 is 0 Å². The molecule has 1 atom stereocenters. The van der Waals surface area contributed by atoms with Crippen molar-refractivity contribution in [2.45, 2.75) is 40.0 Å². The van der Waals surface area contributed by atoms with Gasteiger partial charge in [0.15, 0.2) is 0 Å². The van der Waals surface area contributed by atoms with Crippen molar-refractivity contribution in [3.8, 4) is 23.7 Å². The Hall–Kier alpha value is -1.92. The highest BCUT2D eigenvalue weighted by molar-refractivity contribution is 5.39. The summed E-state index contributed by atoms with van der Waals surface area (Å²) in [5.74, 6) is 12.7. The highest BCUT2D eigenvalue weighted by atomic mass is 14.0. The number of hydrogen-bond donors (Lipinski definition) is 0. The van der Waals surface area contributed by atoms with E-state index in [9.17, 15) is 0 Å². The minimum atomic E-state index is 0.640. The molecular weight excluding hydrogens is 228 g/mol. The maximum absolute atomic E-state index is 3.15. The number of benzene rings is 1. The van der Waals surface area contributed by atoms with Crippen molar-refractivity contribution in [1.82, 2.24) is 0 Å². The van der Waals surface area contributed by atoms with Crippen molar-refractivity contribution in [2.75, 3.05) is 0 Å². The zero-order chi connectivity index (χ0) is 13.9. The lowest BCUT2D eigenvalue weighted by Crippen LogP contribution is -1.91. The van der Waals surface area contributed by atoms with E-state index in [1.807, 2.05) is 30.3 Å². The van der Waals surface area contributed by atoms with Crippen LogP contribution >= 0.6 is 0 Å². The monoisotopic (exact) mass is 250 g/mol. The second-order valence-electron chi connectivity index (χ2n) is 5.09. The van der Waals surface area contributed by atoms with E-state index in [0.717, 1.165) is 18.4 Å². The Bertz CT molecular complexity index is 508. The summed E-state index contributed by atoms with van der Waals surface area (Å²) in [6, 6.07) is 9.96. The summed E-state index contributed by atoms with van der Waals surface area (Å²) in [6.45, 7) is 6.53. The van der Waals surface area contributed by atoms with E-state index in [1.54, 1.807) is 0 Å². The van der Waals surface area contributed by atoms with Crippen molar-refractivity contribution < 1.29 is 0 Å². The molecule has 0 saturated heterocycles. The molecule has 98 valence electrons. The molecule has 19 heavy (non-hydrogen) atoms. The fraction of sp³-hybridized carbons (Fsp3) is 0.368. The SMILES string of the molecule is CC(C)=CCC[C@@H](C)CC#CC#Cc1ccccc1. The first-order valence-corrected chi connectivity index (χ1v) is 6.86. The lowest BCUT2D eigenvalue weighted by Gasteiger charge is -2.04. The van der Waals surface area contributed by atoms with Gasteiger partial charge in [0.2, 0.25) is 0 Å². The summed E-state index contributed by atoms with van der Waals surface area (Å²) in [6.07, 6.45) is 5.58. The normalized spacial score (nSPS) is 10.5. The molecule has 0 bridgehead atoms. The maximum Gasteiger partial charge on any atom is 0.0255 e. The van der Waals surface area contributed by atoms with Gasteiger partial charge in [0.05, 0.1) is 0 Å². The minimum Gasteiger partial charge on any atom is -0.0888 e. The fourth-order valence-corrected chi connectivity index (χ4v) is 1.65. The molecule has 0 unspecified atom stereocenters. The van der Waals surface area contributed by atoms with Gasteiger partial charge in [-0.1, -0.05) is 48.6 Å². The largest absolute Gasteiger partial charge is 0.0888 e. The van der Waals surface area contributed by atoms with E-state index >= 15 is 0 Å². The van der Waals surface area contributed by atoms with Crippen LogP contribution in [0.1, 0.15) is 45.6 Å². The molecule has 0 aliphatic rings. The van der Waals surface area contributed by atoms with Gasteiger partial charge in [0, 0.05) is 12.0 Å². The third kappa shape index (κ3) is 7.91. The predicted octanol–water partition coefficient (Wildman–Crippen LogP) is 4.81. The smallest absolute Gasteiger partial charge is 0.0255 e. The number of rotatable bonds is 4. The van der Waals surface area contributed by atoms with Gasteiger partial charge in [0.25, 0.3) is 0 Å². The molecule has 0 amide bonds. The lowest BCUT2D eigenvalue weighted by atomic mass is 10.0. The predicted molar refractivity (Wildman–Crippen MR) is 83.5 cm³/mol. The van der Waals surface area contributed by atoms with Gasteiger partial charge in [-0.3, -0.25) is 0 Å². The Morgan fingerprint density at radius 1 is 1.16 bits per heavy atom. The van der Waals surface area contributed by atoms with Crippen LogP contribution in [-0.2, 0) is 0 Å². The van der Waals surface area contributed by atoms with Gasteiger partial charge >= 0.3 is 0 Å². The average molecular weight is 250 g/mol. The molecule has 0 N–H and O–H groups in total. The molecule has 0 saturated carbocycles. The standard InChI is InChI=1S/C19H22/c1-17(2)11-10-13-18(3)12-6-4-7-14-19-15-8-5-9-16-19/h5,8-9,11,15-16,18H,10,12-13H2,1-3H3/t18-/m0/s1. The molecule has 0 fully saturated rings. The molecule has 0 heterocycles. The Morgan fingerprint density at radius 3 is 2.58 bits per heavy atom. The van der Waals surface area contributed by atoms with Crippen LogP contribution in [0.25, 0.3) is 0 Å². The first-order chi connectivity index (χ1) is 9.18.